The van der Waals surface area contributed by atoms with Crippen LogP contribution < -0.4 is 0 Å². The van der Waals surface area contributed by atoms with E-state index in [9.17, 15) is 9.59 Å². The zero-order chi connectivity index (χ0) is 16.5. The van der Waals surface area contributed by atoms with Gasteiger partial charge in [0, 0.05) is 17.1 Å². The third-order valence-corrected chi connectivity index (χ3v) is 6.63. The van der Waals surface area contributed by atoms with Gasteiger partial charge in [-0.2, -0.15) is 0 Å². The summed E-state index contributed by atoms with van der Waals surface area (Å²) in [6.07, 6.45) is 8.66. The Bertz CT molecular complexity index is 656. The number of hydrogen-bond acceptors (Lipinski definition) is 4. The molecule has 0 aromatic heterocycles. The van der Waals surface area contributed by atoms with Crippen LogP contribution in [0.2, 0.25) is 0 Å². The van der Waals surface area contributed by atoms with Gasteiger partial charge in [-0.15, -0.1) is 0 Å². The van der Waals surface area contributed by atoms with Gasteiger partial charge in [0.1, 0.15) is 6.61 Å². The summed E-state index contributed by atoms with van der Waals surface area (Å²) in [5.41, 5.74) is 0.966. The van der Waals surface area contributed by atoms with Crippen molar-refractivity contribution in [1.82, 2.24) is 0 Å². The first-order chi connectivity index (χ1) is 10.8. The lowest BCUT2D eigenvalue weighted by molar-refractivity contribution is -0.163. The van der Waals surface area contributed by atoms with Crippen LogP contribution in [0.3, 0.4) is 0 Å². The molecule has 0 radical (unpaired) electrons. The first kappa shape index (κ1) is 15.0. The standard InChI is InChI=1S/C19H24O4/c1-12-10-19(23-16(12)21)8-5-13-17(2,3)6-4-7-18(13)11-22-15(20)9-14(18)19/h9-10,13H,4-8,11H2,1-3H3/t13-,18+,19+/m0/s1. The van der Waals surface area contributed by atoms with E-state index in [0.29, 0.717) is 18.1 Å². The summed E-state index contributed by atoms with van der Waals surface area (Å²) in [4.78, 5) is 24.0. The number of cyclic esters (lactones) is 1. The highest BCUT2D eigenvalue weighted by Gasteiger charge is 2.62. The van der Waals surface area contributed by atoms with Crippen molar-refractivity contribution < 1.29 is 19.1 Å². The molecule has 0 aromatic carbocycles. The van der Waals surface area contributed by atoms with Gasteiger partial charge in [-0.05, 0) is 55.6 Å². The van der Waals surface area contributed by atoms with Crippen molar-refractivity contribution in [3.8, 4) is 0 Å². The first-order valence-electron chi connectivity index (χ1n) is 8.61. The number of carbonyl (C=O) groups excluding carboxylic acids is 2. The van der Waals surface area contributed by atoms with Crippen molar-refractivity contribution in [2.75, 3.05) is 6.61 Å². The lowest BCUT2D eigenvalue weighted by Gasteiger charge is -2.60. The van der Waals surface area contributed by atoms with Crippen LogP contribution in [-0.4, -0.2) is 24.1 Å². The van der Waals surface area contributed by atoms with E-state index in [2.05, 4.69) is 13.8 Å². The topological polar surface area (TPSA) is 52.6 Å². The Balaban J connectivity index is 1.88. The van der Waals surface area contributed by atoms with Gasteiger partial charge >= 0.3 is 11.9 Å². The van der Waals surface area contributed by atoms with Crippen molar-refractivity contribution in [2.45, 2.75) is 58.5 Å². The van der Waals surface area contributed by atoms with Crippen molar-refractivity contribution >= 4 is 11.9 Å². The Labute approximate surface area is 136 Å². The molecule has 2 aliphatic carbocycles. The van der Waals surface area contributed by atoms with Gasteiger partial charge in [-0.25, -0.2) is 9.59 Å². The summed E-state index contributed by atoms with van der Waals surface area (Å²) in [5.74, 6) is -0.0988. The molecule has 2 fully saturated rings. The molecule has 4 rings (SSSR count). The van der Waals surface area contributed by atoms with Crippen molar-refractivity contribution in [3.63, 3.8) is 0 Å². The van der Waals surface area contributed by atoms with Crippen LogP contribution in [0.1, 0.15) is 52.9 Å². The first-order valence-corrected chi connectivity index (χ1v) is 8.61. The predicted molar refractivity (Wildman–Crippen MR) is 84.4 cm³/mol. The molecule has 4 nitrogen and oxygen atoms in total. The SMILES string of the molecule is CC1=C[C@@]2(CC[C@H]3C(C)(C)CCC[C@@]34COC(=O)C=C42)OC1=O. The Morgan fingerprint density at radius 2 is 1.96 bits per heavy atom. The fourth-order valence-electron chi connectivity index (χ4n) is 5.68. The second-order valence-corrected chi connectivity index (χ2v) is 8.36. The highest BCUT2D eigenvalue weighted by atomic mass is 16.6. The average molecular weight is 316 g/mol. The molecule has 0 aromatic rings. The summed E-state index contributed by atoms with van der Waals surface area (Å²) < 4.78 is 11.3. The zero-order valence-electron chi connectivity index (χ0n) is 14.1. The maximum Gasteiger partial charge on any atom is 0.334 e. The monoisotopic (exact) mass is 316 g/mol. The van der Waals surface area contributed by atoms with Crippen LogP contribution >= 0.6 is 0 Å². The average Bonchev–Trinajstić information content (AvgIpc) is 2.75. The fourth-order valence-corrected chi connectivity index (χ4v) is 5.68. The minimum atomic E-state index is -0.718. The lowest BCUT2D eigenvalue weighted by Crippen LogP contribution is -2.58. The molecule has 0 N–H and O–H groups in total. The maximum absolute atomic E-state index is 12.1. The molecule has 0 saturated heterocycles. The minimum absolute atomic E-state index is 0.171. The van der Waals surface area contributed by atoms with E-state index in [1.165, 1.54) is 6.42 Å². The van der Waals surface area contributed by atoms with Crippen LogP contribution in [0.15, 0.2) is 23.3 Å². The molecule has 4 heteroatoms. The summed E-state index contributed by atoms with van der Waals surface area (Å²) >= 11 is 0. The lowest BCUT2D eigenvalue weighted by atomic mass is 9.46. The summed E-state index contributed by atoms with van der Waals surface area (Å²) in [6, 6.07) is 0. The van der Waals surface area contributed by atoms with E-state index in [-0.39, 0.29) is 22.8 Å². The fraction of sp³-hybridized carbons (Fsp3) is 0.684. The Morgan fingerprint density at radius 1 is 1.17 bits per heavy atom. The summed E-state index contributed by atoms with van der Waals surface area (Å²) in [7, 11) is 0. The maximum atomic E-state index is 12.1. The normalized spacial score (nSPS) is 41.4. The molecule has 23 heavy (non-hydrogen) atoms. The highest BCUT2D eigenvalue weighted by molar-refractivity contribution is 5.93. The third kappa shape index (κ3) is 1.90. The van der Waals surface area contributed by atoms with Crippen molar-refractivity contribution in [2.24, 2.45) is 16.7 Å². The Hall–Kier alpha value is -1.58. The molecule has 2 spiro atoms. The number of ether oxygens (including phenoxy) is 2. The quantitative estimate of drug-likeness (QED) is 0.643. The third-order valence-electron chi connectivity index (χ3n) is 6.63. The smallest absolute Gasteiger partial charge is 0.334 e. The van der Waals surface area contributed by atoms with Gasteiger partial charge in [0.15, 0.2) is 5.60 Å². The molecule has 0 bridgehead atoms. The molecular formula is C19H24O4. The van der Waals surface area contributed by atoms with Gasteiger partial charge in [-0.1, -0.05) is 20.3 Å². The van der Waals surface area contributed by atoms with E-state index in [0.717, 1.165) is 31.3 Å². The second-order valence-electron chi connectivity index (χ2n) is 8.36. The van der Waals surface area contributed by atoms with Crippen LogP contribution in [-0.2, 0) is 19.1 Å². The van der Waals surface area contributed by atoms with Gasteiger partial charge < -0.3 is 9.47 Å². The predicted octanol–water partition coefficient (Wildman–Crippen LogP) is 3.32. The summed E-state index contributed by atoms with van der Waals surface area (Å²) in [6.45, 7) is 6.87. The largest absolute Gasteiger partial charge is 0.462 e. The van der Waals surface area contributed by atoms with Gasteiger partial charge in [0.25, 0.3) is 0 Å². The van der Waals surface area contributed by atoms with Gasteiger partial charge in [0.2, 0.25) is 0 Å². The molecule has 2 saturated carbocycles. The van der Waals surface area contributed by atoms with E-state index < -0.39 is 5.60 Å². The molecule has 3 atom stereocenters. The van der Waals surface area contributed by atoms with Crippen LogP contribution in [0.5, 0.6) is 0 Å². The molecule has 4 aliphatic rings. The highest BCUT2D eigenvalue weighted by Crippen LogP contribution is 2.64. The van der Waals surface area contributed by atoms with Crippen LogP contribution in [0, 0.1) is 16.7 Å². The minimum Gasteiger partial charge on any atom is -0.462 e. The number of rotatable bonds is 0. The van der Waals surface area contributed by atoms with Crippen molar-refractivity contribution in [3.05, 3.63) is 23.3 Å². The molecule has 0 unspecified atom stereocenters. The van der Waals surface area contributed by atoms with Gasteiger partial charge in [-0.3, -0.25) is 0 Å². The molecule has 124 valence electrons. The Morgan fingerprint density at radius 3 is 2.65 bits per heavy atom. The number of fused-ring (bicyclic) bond motifs is 1. The van der Waals surface area contributed by atoms with E-state index in [1.807, 2.05) is 6.08 Å². The summed E-state index contributed by atoms with van der Waals surface area (Å²) in [5, 5.41) is 0. The van der Waals surface area contributed by atoms with Gasteiger partial charge in [0.05, 0.1) is 0 Å². The zero-order valence-corrected chi connectivity index (χ0v) is 14.1. The molecule has 0 amide bonds. The second kappa shape index (κ2) is 4.49. The Kier molecular flexibility index (Phi) is 2.92. The number of esters is 2. The number of hydrogen-bond donors (Lipinski definition) is 0. The molecular weight excluding hydrogens is 292 g/mol. The number of carbonyl (C=O) groups is 2. The van der Waals surface area contributed by atoms with Crippen molar-refractivity contribution in [1.29, 1.82) is 0 Å². The molecule has 2 aliphatic heterocycles. The molecule has 2 heterocycles. The van der Waals surface area contributed by atoms with Crippen LogP contribution in [0.4, 0.5) is 0 Å². The van der Waals surface area contributed by atoms with E-state index in [4.69, 9.17) is 9.47 Å². The van der Waals surface area contributed by atoms with E-state index >= 15 is 0 Å². The van der Waals surface area contributed by atoms with E-state index in [1.54, 1.807) is 13.0 Å². The van der Waals surface area contributed by atoms with Crippen LogP contribution in [0.25, 0.3) is 0 Å².